The zero-order chi connectivity index (χ0) is 7.98. The van der Waals surface area contributed by atoms with Crippen LogP contribution in [-0.2, 0) is 0 Å². The third-order valence-corrected chi connectivity index (χ3v) is 1.61. The lowest BCUT2D eigenvalue weighted by atomic mass is 10.0. The summed E-state index contributed by atoms with van der Waals surface area (Å²) in [5.74, 6) is 2.64. The first-order chi connectivity index (χ1) is 4.72. The molecule has 0 heterocycles. The van der Waals surface area contributed by atoms with E-state index in [0.29, 0.717) is 19.4 Å². The molecule has 3 N–H and O–H groups in total. The largest absolute Gasteiger partial charge is 0.393 e. The van der Waals surface area contributed by atoms with Gasteiger partial charge in [-0.2, -0.15) is 0 Å². The van der Waals surface area contributed by atoms with Crippen molar-refractivity contribution in [3.8, 4) is 12.3 Å². The van der Waals surface area contributed by atoms with Crippen molar-refractivity contribution in [1.82, 2.24) is 0 Å². The highest BCUT2D eigenvalue weighted by Crippen LogP contribution is 2.06. The first kappa shape index (κ1) is 9.48. The predicted molar refractivity (Wildman–Crippen MR) is 42.3 cm³/mol. The summed E-state index contributed by atoms with van der Waals surface area (Å²) in [6, 6.07) is 0. The first-order valence-corrected chi connectivity index (χ1v) is 3.54. The summed E-state index contributed by atoms with van der Waals surface area (Å²) >= 11 is 0. The maximum Gasteiger partial charge on any atom is 0.0586 e. The zero-order valence-electron chi connectivity index (χ0n) is 6.38. The third kappa shape index (κ3) is 3.49. The Morgan fingerprint density at radius 2 is 2.30 bits per heavy atom. The second-order valence-electron chi connectivity index (χ2n) is 2.52. The minimum absolute atomic E-state index is 0.161. The molecule has 0 aromatic carbocycles. The van der Waals surface area contributed by atoms with E-state index in [4.69, 9.17) is 12.2 Å². The summed E-state index contributed by atoms with van der Waals surface area (Å²) in [6.45, 7) is 2.44. The highest BCUT2D eigenvalue weighted by molar-refractivity contribution is 4.85. The van der Waals surface area contributed by atoms with Gasteiger partial charge in [0.05, 0.1) is 6.10 Å². The van der Waals surface area contributed by atoms with Crippen molar-refractivity contribution in [1.29, 1.82) is 0 Å². The quantitative estimate of drug-likeness (QED) is 0.555. The van der Waals surface area contributed by atoms with Crippen LogP contribution in [0.15, 0.2) is 0 Å². The molecule has 0 aliphatic carbocycles. The van der Waals surface area contributed by atoms with Crippen molar-refractivity contribution in [3.05, 3.63) is 0 Å². The second kappa shape index (κ2) is 5.28. The Balaban J connectivity index is 3.43. The Kier molecular flexibility index (Phi) is 5.00. The van der Waals surface area contributed by atoms with Gasteiger partial charge in [-0.05, 0) is 18.9 Å². The molecule has 0 saturated carbocycles. The molecule has 2 heteroatoms. The molecule has 2 nitrogen and oxygen atoms in total. The van der Waals surface area contributed by atoms with E-state index >= 15 is 0 Å². The molecule has 10 heavy (non-hydrogen) atoms. The van der Waals surface area contributed by atoms with Crippen LogP contribution in [0.4, 0.5) is 0 Å². The fourth-order valence-electron chi connectivity index (χ4n) is 0.673. The van der Waals surface area contributed by atoms with Crippen molar-refractivity contribution >= 4 is 0 Å². The highest BCUT2D eigenvalue weighted by Gasteiger charge is 2.10. The van der Waals surface area contributed by atoms with E-state index in [-0.39, 0.29) is 12.0 Å². The molecule has 0 aliphatic rings. The normalized spacial score (nSPS) is 15.8. The Labute approximate surface area is 62.4 Å². The smallest absolute Gasteiger partial charge is 0.0586 e. The number of hydrogen-bond donors (Lipinski definition) is 2. The van der Waals surface area contributed by atoms with E-state index in [9.17, 15) is 5.11 Å². The van der Waals surface area contributed by atoms with Crippen LogP contribution >= 0.6 is 0 Å². The molecule has 0 radical (unpaired) electrons. The van der Waals surface area contributed by atoms with Crippen molar-refractivity contribution in [2.75, 3.05) is 6.54 Å². The van der Waals surface area contributed by atoms with Crippen LogP contribution in [-0.4, -0.2) is 17.8 Å². The molecule has 2 unspecified atom stereocenters. The number of aliphatic hydroxyl groups is 1. The monoisotopic (exact) mass is 141 g/mol. The van der Waals surface area contributed by atoms with E-state index in [1.54, 1.807) is 0 Å². The van der Waals surface area contributed by atoms with E-state index in [1.165, 1.54) is 0 Å². The number of hydrogen-bond acceptors (Lipinski definition) is 2. The molecule has 58 valence electrons. The van der Waals surface area contributed by atoms with Gasteiger partial charge in [-0.1, -0.05) is 6.92 Å². The van der Waals surface area contributed by atoms with Crippen LogP contribution in [0.2, 0.25) is 0 Å². The van der Waals surface area contributed by atoms with Gasteiger partial charge in [0.2, 0.25) is 0 Å². The third-order valence-electron chi connectivity index (χ3n) is 1.61. The van der Waals surface area contributed by atoms with Gasteiger partial charge in [0.25, 0.3) is 0 Å². The van der Waals surface area contributed by atoms with Gasteiger partial charge in [0.15, 0.2) is 0 Å². The molecule has 0 spiro atoms. The molecule has 0 bridgehead atoms. The maximum absolute atomic E-state index is 9.27. The lowest BCUT2D eigenvalue weighted by Gasteiger charge is -2.14. The molecule has 0 saturated heterocycles. The summed E-state index contributed by atoms with van der Waals surface area (Å²) in [6.07, 6.45) is 5.99. The van der Waals surface area contributed by atoms with Crippen LogP contribution in [0.25, 0.3) is 0 Å². The van der Waals surface area contributed by atoms with Crippen molar-refractivity contribution in [3.63, 3.8) is 0 Å². The molecule has 0 aliphatic heterocycles. The number of rotatable bonds is 4. The molecule has 0 aromatic rings. The Bertz CT molecular complexity index is 117. The van der Waals surface area contributed by atoms with Gasteiger partial charge in [-0.15, -0.1) is 12.3 Å². The average molecular weight is 141 g/mol. The van der Waals surface area contributed by atoms with Crippen LogP contribution < -0.4 is 5.73 Å². The summed E-state index contributed by atoms with van der Waals surface area (Å²) in [5.41, 5.74) is 5.33. The van der Waals surface area contributed by atoms with Gasteiger partial charge < -0.3 is 10.8 Å². The first-order valence-electron chi connectivity index (χ1n) is 3.54. The zero-order valence-corrected chi connectivity index (χ0v) is 6.38. The molecule has 0 amide bonds. The molecular weight excluding hydrogens is 126 g/mol. The van der Waals surface area contributed by atoms with Gasteiger partial charge in [-0.25, -0.2) is 0 Å². The molecule has 0 rings (SSSR count). The Morgan fingerprint density at radius 3 is 2.70 bits per heavy atom. The minimum Gasteiger partial charge on any atom is -0.393 e. The highest BCUT2D eigenvalue weighted by atomic mass is 16.3. The molecule has 0 aromatic heterocycles. The van der Waals surface area contributed by atoms with Gasteiger partial charge in [-0.3, -0.25) is 0 Å². The SMILES string of the molecule is C#CCCC(O)C(C)CN. The molecule has 2 atom stereocenters. The van der Waals surface area contributed by atoms with E-state index in [1.807, 2.05) is 6.92 Å². The minimum atomic E-state index is -0.332. The van der Waals surface area contributed by atoms with Gasteiger partial charge in [0, 0.05) is 6.42 Å². The van der Waals surface area contributed by atoms with Crippen molar-refractivity contribution in [2.45, 2.75) is 25.9 Å². The van der Waals surface area contributed by atoms with Crippen molar-refractivity contribution < 1.29 is 5.11 Å². The lowest BCUT2D eigenvalue weighted by molar-refractivity contribution is 0.113. The van der Waals surface area contributed by atoms with Gasteiger partial charge in [0.1, 0.15) is 0 Å². The summed E-state index contributed by atoms with van der Waals surface area (Å²) in [7, 11) is 0. The van der Waals surface area contributed by atoms with Crippen LogP contribution in [0.1, 0.15) is 19.8 Å². The fraction of sp³-hybridized carbons (Fsp3) is 0.750. The van der Waals surface area contributed by atoms with E-state index in [0.717, 1.165) is 0 Å². The van der Waals surface area contributed by atoms with Crippen LogP contribution in [0.3, 0.4) is 0 Å². The molecular formula is C8H15NO. The standard InChI is InChI=1S/C8H15NO/c1-3-4-5-8(10)7(2)6-9/h1,7-8,10H,4-6,9H2,2H3. The fourth-order valence-corrected chi connectivity index (χ4v) is 0.673. The number of aliphatic hydroxyl groups excluding tert-OH is 1. The predicted octanol–water partition coefficient (Wildman–Crippen LogP) is 0.356. The van der Waals surface area contributed by atoms with E-state index < -0.39 is 0 Å². The number of terminal acetylenes is 1. The Morgan fingerprint density at radius 1 is 1.70 bits per heavy atom. The molecule has 0 fully saturated rings. The van der Waals surface area contributed by atoms with E-state index in [2.05, 4.69) is 5.92 Å². The Hall–Kier alpha value is -0.520. The summed E-state index contributed by atoms with van der Waals surface area (Å²) in [5, 5.41) is 9.27. The van der Waals surface area contributed by atoms with Crippen molar-refractivity contribution in [2.24, 2.45) is 11.7 Å². The second-order valence-corrected chi connectivity index (χ2v) is 2.52. The lowest BCUT2D eigenvalue weighted by Crippen LogP contribution is -2.24. The van der Waals surface area contributed by atoms with Crippen LogP contribution in [0, 0.1) is 18.3 Å². The average Bonchev–Trinajstić information content (AvgIpc) is 1.98. The summed E-state index contributed by atoms with van der Waals surface area (Å²) < 4.78 is 0. The number of nitrogens with two attached hydrogens (primary N) is 1. The summed E-state index contributed by atoms with van der Waals surface area (Å²) in [4.78, 5) is 0. The maximum atomic E-state index is 9.27. The van der Waals surface area contributed by atoms with Gasteiger partial charge >= 0.3 is 0 Å². The van der Waals surface area contributed by atoms with Crippen LogP contribution in [0.5, 0.6) is 0 Å². The topological polar surface area (TPSA) is 46.2 Å².